The monoisotopic (exact) mass is 512 g/mol. The van der Waals surface area contributed by atoms with E-state index >= 15 is 0 Å². The number of hydrogen-bond acceptors (Lipinski definition) is 11. The Morgan fingerprint density at radius 2 is 1.75 bits per heavy atom. The first kappa shape index (κ1) is 20.8. The lowest BCUT2D eigenvalue weighted by Crippen LogP contribution is -2.53. The summed E-state index contributed by atoms with van der Waals surface area (Å²) in [4.78, 5) is 22.2. The summed E-state index contributed by atoms with van der Waals surface area (Å²) >= 11 is 6.57. The molecule has 1 N–H and O–H groups in total. The number of fused-ring (bicyclic) bond motifs is 2. The predicted molar refractivity (Wildman–Crippen MR) is 119 cm³/mol. The maximum Gasteiger partial charge on any atom is 0.308 e. The van der Waals surface area contributed by atoms with E-state index in [2.05, 4.69) is 10.3 Å². The van der Waals surface area contributed by atoms with Crippen LogP contribution in [0.5, 0.6) is 17.2 Å². The Hall–Kier alpha value is -3.38. The van der Waals surface area contributed by atoms with E-state index in [-0.39, 0.29) is 16.5 Å². The number of ether oxygens (including phenoxy) is 5. The normalized spacial score (nSPS) is 36.8. The molecule has 0 radical (unpaired) electrons. The molecule has 8 rings (SSSR count). The van der Waals surface area contributed by atoms with Crippen LogP contribution in [0.3, 0.4) is 0 Å². The van der Waals surface area contributed by atoms with E-state index in [4.69, 9.17) is 45.0 Å². The van der Waals surface area contributed by atoms with Crippen LogP contribution < -0.4 is 9.47 Å². The van der Waals surface area contributed by atoms with Crippen molar-refractivity contribution in [3.05, 3.63) is 51.0 Å². The fourth-order valence-corrected chi connectivity index (χ4v) is 6.55. The highest BCUT2D eigenvalue weighted by Crippen LogP contribution is 2.71. The molecule has 36 heavy (non-hydrogen) atoms. The number of benzene rings is 2. The Morgan fingerprint density at radius 3 is 2.47 bits per heavy atom. The zero-order valence-corrected chi connectivity index (χ0v) is 19.8. The van der Waals surface area contributed by atoms with E-state index in [1.165, 1.54) is 21.1 Å². The molecular formula is C24H17ClN2O9. The van der Waals surface area contributed by atoms with Gasteiger partial charge in [0.1, 0.15) is 61.2 Å². The standard InChI is InChI=1S/C24H17ClN2O9/c1-7(28)32-10-4-5-11-15-12(10)16(26-30-2)19-21(33-19)23(15)8-6-9(25)18(29)13-14(8)24(35-11,36-23)22-20(34-22)17(13)27-31-3/h4-6,19-22,29H,1-3H3/b26-16+,27-17+/t19-,20-,21-,22-,23+,24+/m1/s1. The number of halogens is 1. The van der Waals surface area contributed by atoms with Gasteiger partial charge in [0.15, 0.2) is 11.7 Å². The van der Waals surface area contributed by atoms with E-state index in [1.54, 1.807) is 18.2 Å². The lowest BCUT2D eigenvalue weighted by atomic mass is 9.72. The van der Waals surface area contributed by atoms with Crippen LogP contribution in [0.15, 0.2) is 28.5 Å². The number of phenolic OH excluding ortho intramolecular Hbond substituents is 1. The van der Waals surface area contributed by atoms with Gasteiger partial charge in [-0.15, -0.1) is 0 Å². The number of esters is 1. The molecular weight excluding hydrogens is 496 g/mol. The van der Waals surface area contributed by atoms with Gasteiger partial charge < -0.3 is 38.5 Å². The Kier molecular flexibility index (Phi) is 3.63. The maximum absolute atomic E-state index is 12.0. The van der Waals surface area contributed by atoms with Crippen molar-refractivity contribution in [1.29, 1.82) is 0 Å². The smallest absolute Gasteiger partial charge is 0.308 e. The summed E-state index contributed by atoms with van der Waals surface area (Å²) in [7, 11) is 2.84. The van der Waals surface area contributed by atoms with Gasteiger partial charge in [-0.3, -0.25) is 4.79 Å². The molecule has 2 fully saturated rings. The lowest BCUT2D eigenvalue weighted by Gasteiger charge is -2.43. The SMILES string of the molecule is CO/N=C1\c2c(O)c(Cl)cc3c2[C@@]2(Oc4ccc(OC(C)=O)c5c4[C@]3(O2)[C@@H]2O[C@@H]2/C5=N/OC)[C@@H]2O[C@H]12. The fraction of sp³-hybridized carbons (Fsp3) is 0.375. The summed E-state index contributed by atoms with van der Waals surface area (Å²) in [6.45, 7) is 1.32. The fourth-order valence-electron chi connectivity index (χ4n) is 6.35. The summed E-state index contributed by atoms with van der Waals surface area (Å²) in [6, 6.07) is 5.01. The molecule has 2 aromatic rings. The van der Waals surface area contributed by atoms with Crippen LogP contribution >= 0.6 is 11.6 Å². The van der Waals surface area contributed by atoms with E-state index in [9.17, 15) is 9.90 Å². The molecule has 2 aliphatic carbocycles. The van der Waals surface area contributed by atoms with Crippen LogP contribution in [0.2, 0.25) is 5.02 Å². The molecule has 6 aliphatic rings. The molecule has 4 heterocycles. The van der Waals surface area contributed by atoms with E-state index in [0.29, 0.717) is 45.0 Å². The van der Waals surface area contributed by atoms with Gasteiger partial charge in [0.2, 0.25) is 0 Å². The number of carbonyl (C=O) groups is 1. The zero-order valence-electron chi connectivity index (χ0n) is 19.0. The number of rotatable bonds is 3. The van der Waals surface area contributed by atoms with Gasteiger partial charge in [0, 0.05) is 23.6 Å². The van der Waals surface area contributed by atoms with E-state index < -0.39 is 41.8 Å². The number of carbonyl (C=O) groups excluding carboxylic acids is 1. The quantitative estimate of drug-likeness (QED) is 0.284. The third-order valence-electron chi connectivity index (χ3n) is 7.52. The summed E-state index contributed by atoms with van der Waals surface area (Å²) in [5, 5.41) is 19.5. The summed E-state index contributed by atoms with van der Waals surface area (Å²) in [5.74, 6) is -1.32. The van der Waals surface area contributed by atoms with Crippen molar-refractivity contribution < 1.29 is 43.3 Å². The van der Waals surface area contributed by atoms with Gasteiger partial charge in [-0.05, 0) is 18.2 Å². The predicted octanol–water partition coefficient (Wildman–Crippen LogP) is 2.05. The van der Waals surface area contributed by atoms with Crippen LogP contribution in [0.4, 0.5) is 0 Å². The molecule has 0 amide bonds. The average molecular weight is 513 g/mol. The maximum atomic E-state index is 12.0. The van der Waals surface area contributed by atoms with Crippen LogP contribution in [-0.4, -0.2) is 61.1 Å². The van der Waals surface area contributed by atoms with Crippen LogP contribution in [0.1, 0.15) is 34.7 Å². The highest BCUT2D eigenvalue weighted by Gasteiger charge is 2.81. The van der Waals surface area contributed by atoms with Crippen molar-refractivity contribution >= 4 is 29.0 Å². The van der Waals surface area contributed by atoms with Crippen molar-refractivity contribution in [2.45, 2.75) is 42.7 Å². The molecule has 0 unspecified atom stereocenters. The van der Waals surface area contributed by atoms with Crippen molar-refractivity contribution in [1.82, 2.24) is 0 Å². The molecule has 2 bridgehead atoms. The van der Waals surface area contributed by atoms with Gasteiger partial charge in [-0.25, -0.2) is 0 Å². The molecule has 2 aromatic carbocycles. The number of aromatic hydroxyl groups is 1. The van der Waals surface area contributed by atoms with Gasteiger partial charge in [-0.2, -0.15) is 0 Å². The second-order valence-electron chi connectivity index (χ2n) is 9.29. The first-order valence-electron chi connectivity index (χ1n) is 11.2. The van der Waals surface area contributed by atoms with Crippen molar-refractivity contribution in [3.8, 4) is 17.2 Å². The molecule has 6 atom stereocenters. The number of nitrogens with zero attached hydrogens (tertiary/aromatic N) is 2. The Labute approximate surface area is 208 Å². The first-order chi connectivity index (χ1) is 17.4. The average Bonchev–Trinajstić information content (AvgIpc) is 3.75. The number of hydrogen-bond donors (Lipinski definition) is 1. The Morgan fingerprint density at radius 1 is 1.06 bits per heavy atom. The molecule has 2 saturated heterocycles. The Balaban J connectivity index is 1.50. The van der Waals surface area contributed by atoms with Crippen molar-refractivity contribution in [2.75, 3.05) is 14.2 Å². The first-order valence-corrected chi connectivity index (χ1v) is 11.6. The number of epoxide rings is 2. The van der Waals surface area contributed by atoms with Crippen LogP contribution in [-0.2, 0) is 40.1 Å². The molecule has 0 saturated carbocycles. The molecule has 4 aliphatic heterocycles. The van der Waals surface area contributed by atoms with Crippen molar-refractivity contribution in [2.24, 2.45) is 10.3 Å². The van der Waals surface area contributed by atoms with Gasteiger partial charge >= 0.3 is 5.97 Å². The third-order valence-corrected chi connectivity index (χ3v) is 7.81. The van der Waals surface area contributed by atoms with Crippen LogP contribution in [0.25, 0.3) is 0 Å². The molecule has 0 aromatic heterocycles. The highest BCUT2D eigenvalue weighted by molar-refractivity contribution is 6.33. The topological polar surface area (TPSA) is 133 Å². The number of phenols is 1. The molecule has 2 spiro atoms. The largest absolute Gasteiger partial charge is 0.506 e. The van der Waals surface area contributed by atoms with Gasteiger partial charge in [-0.1, -0.05) is 21.9 Å². The summed E-state index contributed by atoms with van der Waals surface area (Å²) < 4.78 is 31.2. The highest BCUT2D eigenvalue weighted by atomic mass is 35.5. The van der Waals surface area contributed by atoms with Crippen LogP contribution in [0, 0.1) is 0 Å². The van der Waals surface area contributed by atoms with Gasteiger partial charge in [0.25, 0.3) is 5.79 Å². The number of oxime groups is 2. The minimum atomic E-state index is -1.39. The minimum absolute atomic E-state index is 0.0973. The van der Waals surface area contributed by atoms with E-state index in [1.807, 2.05) is 0 Å². The lowest BCUT2D eigenvalue weighted by molar-refractivity contribution is -0.262. The Bertz CT molecular complexity index is 1510. The molecule has 184 valence electrons. The van der Waals surface area contributed by atoms with Crippen molar-refractivity contribution in [3.63, 3.8) is 0 Å². The van der Waals surface area contributed by atoms with Gasteiger partial charge in [0.05, 0.1) is 16.1 Å². The summed E-state index contributed by atoms with van der Waals surface area (Å²) in [5.41, 5.74) is 2.23. The minimum Gasteiger partial charge on any atom is -0.506 e. The second kappa shape index (κ2) is 6.30. The zero-order chi connectivity index (χ0) is 24.7. The second-order valence-corrected chi connectivity index (χ2v) is 9.70. The van der Waals surface area contributed by atoms with E-state index in [0.717, 1.165) is 0 Å². The summed E-state index contributed by atoms with van der Waals surface area (Å²) in [6.07, 6.45) is -2.10. The molecule has 12 heteroatoms. The third kappa shape index (κ3) is 2.12. The molecule has 11 nitrogen and oxygen atoms in total.